The lowest BCUT2D eigenvalue weighted by molar-refractivity contribution is 0.0949. The molecule has 1 heterocycles. The molecule has 0 saturated heterocycles. The maximum absolute atomic E-state index is 12.9. The van der Waals surface area contributed by atoms with Crippen LogP contribution in [0.4, 0.5) is 0 Å². The van der Waals surface area contributed by atoms with Crippen LogP contribution < -0.4 is 5.43 Å². The van der Waals surface area contributed by atoms with E-state index in [1.165, 1.54) is 5.56 Å². The number of nitrogens with one attached hydrogen (secondary N) is 1. The molecule has 1 amide bonds. The van der Waals surface area contributed by atoms with Crippen LogP contribution in [0.3, 0.4) is 0 Å². The maximum atomic E-state index is 12.9. The van der Waals surface area contributed by atoms with E-state index in [1.807, 2.05) is 85.3 Å². The van der Waals surface area contributed by atoms with Gasteiger partial charge in [0.25, 0.3) is 5.91 Å². The summed E-state index contributed by atoms with van der Waals surface area (Å²) in [5, 5.41) is 8.76. The Hall–Kier alpha value is -4.77. The molecule has 36 heavy (non-hydrogen) atoms. The van der Waals surface area contributed by atoms with E-state index in [0.717, 1.165) is 39.2 Å². The molecule has 0 aliphatic carbocycles. The number of carbonyl (C=O) groups is 1. The van der Waals surface area contributed by atoms with Gasteiger partial charge in [0.2, 0.25) is 0 Å². The van der Waals surface area contributed by atoms with Crippen LogP contribution in [0.15, 0.2) is 114 Å². The molecule has 0 unspecified atom stereocenters. The molecule has 5 rings (SSSR count). The van der Waals surface area contributed by atoms with Crippen LogP contribution in [-0.4, -0.2) is 21.9 Å². The molecule has 0 spiro atoms. The molecule has 0 bridgehead atoms. The van der Waals surface area contributed by atoms with Gasteiger partial charge in [0, 0.05) is 5.56 Å². The van der Waals surface area contributed by atoms with Crippen LogP contribution in [0, 0.1) is 13.8 Å². The zero-order valence-corrected chi connectivity index (χ0v) is 20.2. The molecule has 5 aromatic rings. The van der Waals surface area contributed by atoms with Crippen molar-refractivity contribution < 1.29 is 4.79 Å². The summed E-state index contributed by atoms with van der Waals surface area (Å²) in [5.74, 6) is -0.369. The minimum absolute atomic E-state index is 0.291. The molecule has 0 radical (unpaired) electrons. The number of aryl methyl sites for hydroxylation is 2. The Kier molecular flexibility index (Phi) is 6.54. The van der Waals surface area contributed by atoms with Gasteiger partial charge >= 0.3 is 0 Å². The lowest BCUT2D eigenvalue weighted by atomic mass is 10.0. The fraction of sp³-hybridized carbons (Fsp3) is 0.0645. The number of aromatic nitrogens is 2. The number of hydrogen-bond acceptors (Lipinski definition) is 3. The summed E-state index contributed by atoms with van der Waals surface area (Å²) < 4.78 is 1.81. The Morgan fingerprint density at radius 2 is 1.44 bits per heavy atom. The largest absolute Gasteiger partial charge is 0.291 e. The van der Waals surface area contributed by atoms with Crippen molar-refractivity contribution in [2.45, 2.75) is 13.8 Å². The van der Waals surface area contributed by atoms with Crippen LogP contribution >= 0.6 is 0 Å². The zero-order chi connectivity index (χ0) is 24.9. The molecule has 5 nitrogen and oxygen atoms in total. The molecule has 1 N–H and O–H groups in total. The first-order valence-electron chi connectivity index (χ1n) is 11.8. The summed E-state index contributed by atoms with van der Waals surface area (Å²) in [6.45, 7) is 4.06. The average molecular weight is 471 g/mol. The lowest BCUT2D eigenvalue weighted by Gasteiger charge is -2.09. The van der Waals surface area contributed by atoms with Crippen LogP contribution in [0.25, 0.3) is 28.1 Å². The summed E-state index contributed by atoms with van der Waals surface area (Å²) >= 11 is 0. The van der Waals surface area contributed by atoms with Gasteiger partial charge in [-0.1, -0.05) is 96.6 Å². The van der Waals surface area contributed by atoms with Crippen molar-refractivity contribution in [3.8, 4) is 28.1 Å². The van der Waals surface area contributed by atoms with Gasteiger partial charge in [-0.25, -0.2) is 10.1 Å². The van der Waals surface area contributed by atoms with Crippen molar-refractivity contribution in [3.05, 3.63) is 132 Å². The number of benzene rings is 4. The highest BCUT2D eigenvalue weighted by Gasteiger charge is 2.17. The third kappa shape index (κ3) is 5.15. The van der Waals surface area contributed by atoms with Crippen LogP contribution in [-0.2, 0) is 0 Å². The maximum Gasteiger partial charge on any atom is 0.291 e. The number of hydrogen-bond donors (Lipinski definition) is 1. The number of rotatable bonds is 6. The number of nitrogens with zero attached hydrogens (tertiary/aromatic N) is 3. The van der Waals surface area contributed by atoms with Gasteiger partial charge in [-0.05, 0) is 54.3 Å². The molecule has 176 valence electrons. The zero-order valence-electron chi connectivity index (χ0n) is 20.2. The van der Waals surface area contributed by atoms with Crippen molar-refractivity contribution in [1.82, 2.24) is 15.2 Å². The second kappa shape index (κ2) is 10.2. The molecule has 0 aliphatic heterocycles. The Morgan fingerprint density at radius 3 is 2.17 bits per heavy atom. The lowest BCUT2D eigenvalue weighted by Crippen LogP contribution is -2.18. The Bertz CT molecular complexity index is 1520. The summed E-state index contributed by atoms with van der Waals surface area (Å²) in [6, 6.07) is 36.3. The Labute approximate surface area is 210 Å². The van der Waals surface area contributed by atoms with E-state index >= 15 is 0 Å². The van der Waals surface area contributed by atoms with Crippen molar-refractivity contribution in [2.24, 2.45) is 5.10 Å². The predicted molar refractivity (Wildman–Crippen MR) is 145 cm³/mol. The smallest absolute Gasteiger partial charge is 0.265 e. The fourth-order valence-corrected chi connectivity index (χ4v) is 3.99. The van der Waals surface area contributed by atoms with Gasteiger partial charge in [-0.3, -0.25) is 4.79 Å². The summed E-state index contributed by atoms with van der Waals surface area (Å²) in [6.07, 6.45) is 1.62. The fourth-order valence-electron chi connectivity index (χ4n) is 3.99. The second-order valence-electron chi connectivity index (χ2n) is 8.72. The monoisotopic (exact) mass is 470 g/mol. The second-order valence-corrected chi connectivity index (χ2v) is 8.72. The number of hydrazone groups is 1. The van der Waals surface area contributed by atoms with Gasteiger partial charge in [0.1, 0.15) is 0 Å². The van der Waals surface area contributed by atoms with Crippen molar-refractivity contribution in [1.29, 1.82) is 0 Å². The molecule has 0 fully saturated rings. The summed E-state index contributed by atoms with van der Waals surface area (Å²) in [4.78, 5) is 12.9. The quantitative estimate of drug-likeness (QED) is 0.225. The SMILES string of the molecule is Cc1ccc(/C=N\NC(=O)c2cc(-c3ccc(-c4ccccc4)cc3)n(-c3cccc(C)c3)n2)cc1. The third-order valence-electron chi connectivity index (χ3n) is 5.93. The molecule has 0 atom stereocenters. The number of carbonyl (C=O) groups excluding carboxylic acids is 1. The summed E-state index contributed by atoms with van der Waals surface area (Å²) in [7, 11) is 0. The van der Waals surface area contributed by atoms with E-state index < -0.39 is 0 Å². The molecule has 0 aliphatic rings. The van der Waals surface area contributed by atoms with Crippen LogP contribution in [0.2, 0.25) is 0 Å². The van der Waals surface area contributed by atoms with E-state index in [1.54, 1.807) is 12.3 Å². The standard InChI is InChI=1S/C31H26N4O/c1-22-11-13-24(14-12-22)21-32-33-31(36)29-20-30(35(34-29)28-10-6-7-23(2)19-28)27-17-15-26(16-18-27)25-8-4-3-5-9-25/h3-21H,1-2H3,(H,33,36)/b32-21-. The van der Waals surface area contributed by atoms with Crippen LogP contribution in [0.5, 0.6) is 0 Å². The average Bonchev–Trinajstić information content (AvgIpc) is 3.36. The Morgan fingerprint density at radius 1 is 0.750 bits per heavy atom. The molecular weight excluding hydrogens is 444 g/mol. The van der Waals surface area contributed by atoms with E-state index in [2.05, 4.69) is 52.0 Å². The van der Waals surface area contributed by atoms with Crippen molar-refractivity contribution >= 4 is 12.1 Å². The molecule has 0 saturated carbocycles. The van der Waals surface area contributed by atoms with Gasteiger partial charge in [0.15, 0.2) is 5.69 Å². The molecule has 4 aromatic carbocycles. The van der Waals surface area contributed by atoms with E-state index in [9.17, 15) is 4.79 Å². The van der Waals surface area contributed by atoms with Gasteiger partial charge in [0.05, 0.1) is 17.6 Å². The summed E-state index contributed by atoms with van der Waals surface area (Å²) in [5.41, 5.74) is 11.0. The topological polar surface area (TPSA) is 59.3 Å². The minimum Gasteiger partial charge on any atom is -0.265 e. The first kappa shape index (κ1) is 23.0. The van der Waals surface area contributed by atoms with Gasteiger partial charge in [-0.15, -0.1) is 0 Å². The highest BCUT2D eigenvalue weighted by Crippen LogP contribution is 2.27. The Balaban J connectivity index is 1.46. The van der Waals surface area contributed by atoms with Crippen molar-refractivity contribution in [3.63, 3.8) is 0 Å². The molecular formula is C31H26N4O. The van der Waals surface area contributed by atoms with E-state index in [-0.39, 0.29) is 5.91 Å². The molecule has 1 aromatic heterocycles. The first-order valence-corrected chi connectivity index (χ1v) is 11.8. The molecule has 5 heteroatoms. The normalized spacial score (nSPS) is 11.1. The van der Waals surface area contributed by atoms with Gasteiger partial charge < -0.3 is 0 Å². The number of amides is 1. The predicted octanol–water partition coefficient (Wildman–Crippen LogP) is 6.59. The highest BCUT2D eigenvalue weighted by molar-refractivity contribution is 5.94. The van der Waals surface area contributed by atoms with E-state index in [0.29, 0.717) is 5.69 Å². The first-order chi connectivity index (χ1) is 17.6. The highest BCUT2D eigenvalue weighted by atomic mass is 16.2. The van der Waals surface area contributed by atoms with E-state index in [4.69, 9.17) is 0 Å². The van der Waals surface area contributed by atoms with Gasteiger partial charge in [-0.2, -0.15) is 10.2 Å². The van der Waals surface area contributed by atoms with Crippen molar-refractivity contribution in [2.75, 3.05) is 0 Å². The minimum atomic E-state index is -0.369. The third-order valence-corrected chi connectivity index (χ3v) is 5.93. The van der Waals surface area contributed by atoms with Crippen LogP contribution in [0.1, 0.15) is 27.2 Å².